The Labute approximate surface area is 355 Å². The van der Waals surface area contributed by atoms with Crippen LogP contribution in [0.5, 0.6) is 5.75 Å². The monoisotopic (exact) mass is 867 g/mol. The fourth-order valence-corrected chi connectivity index (χ4v) is 8.89. The Morgan fingerprint density at radius 1 is 1.10 bits per heavy atom. The van der Waals surface area contributed by atoms with Gasteiger partial charge in [0, 0.05) is 61.2 Å². The number of rotatable bonds is 12. The number of carbonyl (C=O) groups excluding carboxylic acids is 3. The average molecular weight is 868 g/mol. The number of nitrogens with zero attached hydrogens (tertiary/aromatic N) is 6. The lowest BCUT2D eigenvalue weighted by Gasteiger charge is -2.39. The molecule has 1 aromatic heterocycles. The van der Waals surface area contributed by atoms with Crippen LogP contribution in [0.4, 0.5) is 35.9 Å². The summed E-state index contributed by atoms with van der Waals surface area (Å²) in [5, 5.41) is 29.5. The molecule has 2 aromatic carbocycles. The number of amides is 3. The van der Waals surface area contributed by atoms with Crippen LogP contribution in [0.15, 0.2) is 48.7 Å². The summed E-state index contributed by atoms with van der Waals surface area (Å²) in [5.74, 6) is -0.133. The van der Waals surface area contributed by atoms with E-state index in [0.29, 0.717) is 66.9 Å². The number of alkyl halides is 3. The lowest BCUT2D eigenvalue weighted by molar-refractivity contribution is -0.138. The van der Waals surface area contributed by atoms with E-state index in [1.54, 1.807) is 43.0 Å². The van der Waals surface area contributed by atoms with Gasteiger partial charge in [0.25, 0.3) is 0 Å². The van der Waals surface area contributed by atoms with Crippen molar-refractivity contribution in [3.8, 4) is 11.8 Å². The third-order valence-corrected chi connectivity index (χ3v) is 12.2. The molecule has 3 saturated heterocycles. The lowest BCUT2D eigenvalue weighted by Crippen LogP contribution is -2.55. The summed E-state index contributed by atoms with van der Waals surface area (Å²) in [5.41, 5.74) is -1.16. The number of aliphatic hydroxyl groups excluding tert-OH is 1. The van der Waals surface area contributed by atoms with Crippen LogP contribution < -0.4 is 30.5 Å². The van der Waals surface area contributed by atoms with Crippen LogP contribution in [-0.4, -0.2) is 105 Å². The maximum Gasteiger partial charge on any atom is 0.419 e. The van der Waals surface area contributed by atoms with Crippen molar-refractivity contribution in [2.75, 3.05) is 59.8 Å². The first-order valence-corrected chi connectivity index (χ1v) is 20.5. The van der Waals surface area contributed by atoms with Gasteiger partial charge in [0.15, 0.2) is 17.0 Å². The quantitative estimate of drug-likeness (QED) is 0.137. The second-order valence-electron chi connectivity index (χ2n) is 15.9. The number of thiocarbonyl (C=S) groups is 1. The maximum atomic E-state index is 13.8. The van der Waals surface area contributed by atoms with E-state index in [0.717, 1.165) is 43.8 Å². The van der Waals surface area contributed by atoms with E-state index >= 15 is 0 Å². The molecule has 4 fully saturated rings. The van der Waals surface area contributed by atoms with Crippen molar-refractivity contribution < 1.29 is 37.4 Å². The van der Waals surface area contributed by atoms with Crippen LogP contribution in [0.1, 0.15) is 63.3 Å². The number of nitriles is 1. The van der Waals surface area contributed by atoms with E-state index in [2.05, 4.69) is 30.7 Å². The number of ether oxygens (including phenoxy) is 1. The maximum absolute atomic E-state index is 13.8. The number of halogens is 4. The minimum Gasteiger partial charge on any atom is -0.492 e. The second kappa shape index (κ2) is 16.8. The molecule has 7 rings (SSSR count). The molecule has 14 nitrogen and oxygen atoms in total. The Bertz CT molecular complexity index is 2240. The highest BCUT2D eigenvalue weighted by atomic mass is 35.5. The molecule has 0 bridgehead atoms. The fourth-order valence-electron chi connectivity index (χ4n) is 8.11. The molecule has 3 aliphatic heterocycles. The van der Waals surface area contributed by atoms with Crippen LogP contribution in [-0.2, 0) is 27.0 Å². The van der Waals surface area contributed by atoms with Crippen molar-refractivity contribution in [1.29, 1.82) is 5.26 Å². The van der Waals surface area contributed by atoms with Crippen LogP contribution in [0.25, 0.3) is 0 Å². The lowest BCUT2D eigenvalue weighted by atomic mass is 10.0. The van der Waals surface area contributed by atoms with Gasteiger partial charge < -0.3 is 25.4 Å². The number of benzene rings is 2. The zero-order valence-corrected chi connectivity index (χ0v) is 34.8. The van der Waals surface area contributed by atoms with Gasteiger partial charge >= 0.3 is 6.18 Å². The largest absolute Gasteiger partial charge is 0.492 e. The van der Waals surface area contributed by atoms with Crippen molar-refractivity contribution in [3.63, 3.8) is 0 Å². The summed E-state index contributed by atoms with van der Waals surface area (Å²) in [4.78, 5) is 48.6. The SMILES string of the molecule is CCc1cc(N2C(=S)N(c3cnc(C#N)c(C(F)(F)F)c3)C(O)C2(C)C)ccc1OCCN1CCN(C2(C(=O)Nc3cc(Cl)cc(NC4CCC(=O)NC4=O)c3)CC2)CC1. The number of aromatic nitrogens is 1. The molecular formula is C41H45ClF3N9O5S. The highest BCUT2D eigenvalue weighted by Crippen LogP contribution is 2.44. The van der Waals surface area contributed by atoms with E-state index in [4.69, 9.17) is 28.6 Å². The number of aliphatic hydroxyl groups is 1. The van der Waals surface area contributed by atoms with Crippen molar-refractivity contribution in [3.05, 3.63) is 70.5 Å². The molecule has 1 aliphatic carbocycles. The Morgan fingerprint density at radius 2 is 1.82 bits per heavy atom. The Hall–Kier alpha value is -5.06. The molecule has 4 heterocycles. The van der Waals surface area contributed by atoms with Gasteiger partial charge in [-0.1, -0.05) is 18.5 Å². The Balaban J connectivity index is 0.931. The van der Waals surface area contributed by atoms with E-state index in [1.165, 1.54) is 11.0 Å². The normalized spacial score (nSPS) is 21.7. The summed E-state index contributed by atoms with van der Waals surface area (Å²) in [7, 11) is 0. The number of hydrogen-bond donors (Lipinski definition) is 4. The van der Waals surface area contributed by atoms with Crippen molar-refractivity contribution in [1.82, 2.24) is 20.1 Å². The highest BCUT2D eigenvalue weighted by Gasteiger charge is 2.55. The van der Waals surface area contributed by atoms with Crippen LogP contribution >= 0.6 is 23.8 Å². The number of imide groups is 1. The molecule has 2 unspecified atom stereocenters. The number of anilines is 4. The van der Waals surface area contributed by atoms with Crippen LogP contribution in [0.2, 0.25) is 5.02 Å². The number of piperazine rings is 1. The predicted molar refractivity (Wildman–Crippen MR) is 223 cm³/mol. The fraction of sp³-hybridized carbons (Fsp3) is 0.463. The smallest absolute Gasteiger partial charge is 0.419 e. The van der Waals surface area contributed by atoms with Crippen molar-refractivity contribution in [2.24, 2.45) is 0 Å². The van der Waals surface area contributed by atoms with Crippen LogP contribution in [0, 0.1) is 11.3 Å². The first kappa shape index (κ1) is 43.0. The van der Waals surface area contributed by atoms with Crippen molar-refractivity contribution in [2.45, 2.75) is 82.4 Å². The zero-order valence-electron chi connectivity index (χ0n) is 33.2. The van der Waals surface area contributed by atoms with Gasteiger partial charge in [-0.05, 0) is 99.8 Å². The summed E-state index contributed by atoms with van der Waals surface area (Å²) >= 11 is 12.1. The first-order valence-electron chi connectivity index (χ1n) is 19.7. The zero-order chi connectivity index (χ0) is 43.1. The van der Waals surface area contributed by atoms with E-state index in [-0.39, 0.29) is 29.0 Å². The standard InChI is InChI=1S/C41H45ClF3N9O5S/c1-4-24-17-28(54-38(60)53(37(58)39(54,2)3)29-21-30(41(43,44)45)32(22-46)47-23-29)5-7-33(24)59-16-15-51-11-13-52(14-12-51)40(9-10-40)36(57)49-27-19-25(42)18-26(20-27)48-31-6-8-34(55)50-35(31)56/h5,7,17-21,23,31,37,48,58H,4,6,8-16H2,1-3H3,(H,49,57)(H,50,55,56). The van der Waals surface area contributed by atoms with Gasteiger partial charge in [-0.3, -0.25) is 34.4 Å². The summed E-state index contributed by atoms with van der Waals surface area (Å²) < 4.78 is 47.6. The Kier molecular flexibility index (Phi) is 12.0. The summed E-state index contributed by atoms with van der Waals surface area (Å²) in [6.45, 7) is 9.41. The minimum atomic E-state index is -4.83. The van der Waals surface area contributed by atoms with Gasteiger partial charge in [0.2, 0.25) is 17.7 Å². The number of aryl methyl sites for hydroxylation is 1. The molecule has 3 aromatic rings. The minimum absolute atomic E-state index is 0.0744. The Morgan fingerprint density at radius 3 is 2.47 bits per heavy atom. The molecule has 318 valence electrons. The van der Waals surface area contributed by atoms with Gasteiger partial charge in [-0.15, -0.1) is 0 Å². The van der Waals surface area contributed by atoms with Gasteiger partial charge in [0.1, 0.15) is 30.0 Å². The van der Waals surface area contributed by atoms with Gasteiger partial charge in [-0.2, -0.15) is 18.4 Å². The molecular weight excluding hydrogens is 823 g/mol. The van der Waals surface area contributed by atoms with Crippen molar-refractivity contribution >= 4 is 69.4 Å². The third kappa shape index (κ3) is 8.59. The van der Waals surface area contributed by atoms with E-state index < -0.39 is 46.7 Å². The van der Waals surface area contributed by atoms with E-state index in [1.807, 2.05) is 19.1 Å². The summed E-state index contributed by atoms with van der Waals surface area (Å²) in [6, 6.07) is 12.3. The van der Waals surface area contributed by atoms with Gasteiger partial charge in [-0.25, -0.2) is 4.98 Å². The number of nitrogens with one attached hydrogen (secondary N) is 3. The third-order valence-electron chi connectivity index (χ3n) is 11.6. The topological polar surface area (TPSA) is 166 Å². The predicted octanol–water partition coefficient (Wildman–Crippen LogP) is 5.28. The summed E-state index contributed by atoms with van der Waals surface area (Å²) in [6.07, 6.45) is -2.39. The van der Waals surface area contributed by atoms with Gasteiger partial charge in [0.05, 0.1) is 23.0 Å². The highest BCUT2D eigenvalue weighted by molar-refractivity contribution is 7.80. The number of piperidine rings is 1. The molecule has 0 radical (unpaired) electrons. The molecule has 19 heteroatoms. The number of pyridine rings is 1. The molecule has 0 spiro atoms. The molecule has 4 aliphatic rings. The molecule has 4 N–H and O–H groups in total. The molecule has 60 heavy (non-hydrogen) atoms. The van der Waals surface area contributed by atoms with Crippen LogP contribution in [0.3, 0.4) is 0 Å². The first-order chi connectivity index (χ1) is 28.4. The number of hydrogen-bond acceptors (Lipinski definition) is 11. The molecule has 2 atom stereocenters. The number of carbonyl (C=O) groups is 3. The molecule has 3 amide bonds. The van der Waals surface area contributed by atoms with E-state index in [9.17, 15) is 37.9 Å². The second-order valence-corrected chi connectivity index (χ2v) is 16.7. The molecule has 1 saturated carbocycles. The average Bonchev–Trinajstić information content (AvgIpc) is 3.99.